The highest BCUT2D eigenvalue weighted by Crippen LogP contribution is 2.22. The third-order valence-electron chi connectivity index (χ3n) is 3.55. The average Bonchev–Trinajstić information content (AvgIpc) is 2.77. The molecule has 1 aliphatic rings. The molecule has 2 atom stereocenters. The number of amides is 1. The SMILES string of the molecule is Cc1ccc(C(=O)N2CCC(C(C)O)C2)c(F)c1. The quantitative estimate of drug-likeness (QED) is 0.873. The first-order chi connectivity index (χ1) is 8.49. The molecule has 1 aliphatic heterocycles. The summed E-state index contributed by atoms with van der Waals surface area (Å²) >= 11 is 0. The van der Waals surface area contributed by atoms with Crippen molar-refractivity contribution in [2.75, 3.05) is 13.1 Å². The molecule has 1 aromatic carbocycles. The van der Waals surface area contributed by atoms with Crippen molar-refractivity contribution in [2.45, 2.75) is 26.4 Å². The zero-order valence-corrected chi connectivity index (χ0v) is 10.7. The second-order valence-corrected chi connectivity index (χ2v) is 5.02. The van der Waals surface area contributed by atoms with Crippen molar-refractivity contribution in [3.05, 3.63) is 35.1 Å². The van der Waals surface area contributed by atoms with Crippen molar-refractivity contribution < 1.29 is 14.3 Å². The first kappa shape index (κ1) is 13.0. The van der Waals surface area contributed by atoms with Crippen LogP contribution < -0.4 is 0 Å². The van der Waals surface area contributed by atoms with Gasteiger partial charge in [-0.2, -0.15) is 0 Å². The third-order valence-corrected chi connectivity index (χ3v) is 3.55. The molecule has 4 heteroatoms. The molecular formula is C14H18FNO2. The van der Waals surface area contributed by atoms with Gasteiger partial charge in [-0.25, -0.2) is 4.39 Å². The Balaban J connectivity index is 2.13. The number of benzene rings is 1. The molecule has 1 saturated heterocycles. The number of likely N-dealkylation sites (tertiary alicyclic amines) is 1. The van der Waals surface area contributed by atoms with Crippen LogP contribution in [0.15, 0.2) is 18.2 Å². The topological polar surface area (TPSA) is 40.5 Å². The summed E-state index contributed by atoms with van der Waals surface area (Å²) in [6.07, 6.45) is 0.349. The van der Waals surface area contributed by atoms with Gasteiger partial charge in [-0.05, 0) is 38.0 Å². The Bertz CT molecular complexity index is 459. The Hall–Kier alpha value is -1.42. The molecule has 2 unspecified atom stereocenters. The molecule has 0 saturated carbocycles. The summed E-state index contributed by atoms with van der Waals surface area (Å²) < 4.78 is 13.7. The van der Waals surface area contributed by atoms with Crippen molar-refractivity contribution in [3.63, 3.8) is 0 Å². The summed E-state index contributed by atoms with van der Waals surface area (Å²) in [5.74, 6) is -0.654. The van der Waals surface area contributed by atoms with E-state index in [1.54, 1.807) is 24.8 Å². The van der Waals surface area contributed by atoms with Crippen molar-refractivity contribution in [1.29, 1.82) is 0 Å². The van der Waals surface area contributed by atoms with E-state index < -0.39 is 11.9 Å². The highest BCUT2D eigenvalue weighted by Gasteiger charge is 2.30. The maximum Gasteiger partial charge on any atom is 0.256 e. The van der Waals surface area contributed by atoms with Crippen molar-refractivity contribution in [2.24, 2.45) is 5.92 Å². The maximum atomic E-state index is 13.7. The maximum absolute atomic E-state index is 13.7. The van der Waals surface area contributed by atoms with E-state index in [0.29, 0.717) is 13.1 Å². The predicted molar refractivity (Wildman–Crippen MR) is 66.8 cm³/mol. The van der Waals surface area contributed by atoms with Crippen LogP contribution in [0.1, 0.15) is 29.3 Å². The Morgan fingerprint density at radius 3 is 2.83 bits per heavy atom. The standard InChI is InChI=1S/C14H18FNO2/c1-9-3-4-12(13(15)7-9)14(18)16-6-5-11(8-16)10(2)17/h3-4,7,10-11,17H,5-6,8H2,1-2H3. The van der Waals surface area contributed by atoms with Crippen LogP contribution in [0, 0.1) is 18.7 Å². The number of carbonyl (C=O) groups excluding carboxylic acids is 1. The van der Waals surface area contributed by atoms with Gasteiger partial charge in [0.25, 0.3) is 5.91 Å². The Labute approximate surface area is 106 Å². The van der Waals surface area contributed by atoms with E-state index in [1.165, 1.54) is 12.1 Å². The zero-order chi connectivity index (χ0) is 13.3. The van der Waals surface area contributed by atoms with Crippen LogP contribution in [0.25, 0.3) is 0 Å². The molecule has 1 heterocycles. The van der Waals surface area contributed by atoms with Crippen LogP contribution in [-0.2, 0) is 0 Å². The number of hydrogen-bond donors (Lipinski definition) is 1. The second-order valence-electron chi connectivity index (χ2n) is 5.02. The molecule has 1 aromatic rings. The number of hydrogen-bond acceptors (Lipinski definition) is 2. The molecule has 1 fully saturated rings. The molecule has 1 N–H and O–H groups in total. The van der Waals surface area contributed by atoms with E-state index in [0.717, 1.165) is 12.0 Å². The molecule has 3 nitrogen and oxygen atoms in total. The lowest BCUT2D eigenvalue weighted by molar-refractivity contribution is 0.0758. The molecule has 0 aliphatic carbocycles. The highest BCUT2D eigenvalue weighted by molar-refractivity contribution is 5.94. The molecule has 98 valence electrons. The van der Waals surface area contributed by atoms with Crippen molar-refractivity contribution in [1.82, 2.24) is 4.90 Å². The number of aryl methyl sites for hydroxylation is 1. The average molecular weight is 251 g/mol. The van der Waals surface area contributed by atoms with Crippen molar-refractivity contribution in [3.8, 4) is 0 Å². The van der Waals surface area contributed by atoms with Gasteiger partial charge in [0.1, 0.15) is 5.82 Å². The van der Waals surface area contributed by atoms with Crippen LogP contribution in [0.5, 0.6) is 0 Å². The van der Waals surface area contributed by atoms with Gasteiger partial charge < -0.3 is 10.0 Å². The number of carbonyl (C=O) groups is 1. The summed E-state index contributed by atoms with van der Waals surface area (Å²) in [6.45, 7) is 4.60. The molecule has 2 rings (SSSR count). The summed E-state index contributed by atoms with van der Waals surface area (Å²) in [6, 6.07) is 4.64. The Morgan fingerprint density at radius 1 is 1.56 bits per heavy atom. The molecule has 1 amide bonds. The Kier molecular flexibility index (Phi) is 3.66. The fraction of sp³-hybridized carbons (Fsp3) is 0.500. The monoisotopic (exact) mass is 251 g/mol. The largest absolute Gasteiger partial charge is 0.393 e. The van der Waals surface area contributed by atoms with Gasteiger partial charge in [0.15, 0.2) is 0 Å². The van der Waals surface area contributed by atoms with Gasteiger partial charge in [0.05, 0.1) is 11.7 Å². The fourth-order valence-electron chi connectivity index (χ4n) is 2.33. The number of aliphatic hydroxyl groups excluding tert-OH is 1. The van der Waals surface area contributed by atoms with E-state index in [2.05, 4.69) is 0 Å². The van der Waals surface area contributed by atoms with Crippen LogP contribution in [0.3, 0.4) is 0 Å². The normalized spacial score (nSPS) is 21.1. The fourth-order valence-corrected chi connectivity index (χ4v) is 2.33. The van der Waals surface area contributed by atoms with Crippen molar-refractivity contribution >= 4 is 5.91 Å². The number of halogens is 1. The molecule has 18 heavy (non-hydrogen) atoms. The molecule has 0 bridgehead atoms. The van der Waals surface area contributed by atoms with E-state index in [4.69, 9.17) is 0 Å². The number of rotatable bonds is 2. The third kappa shape index (κ3) is 2.53. The van der Waals surface area contributed by atoms with Crippen LogP contribution >= 0.6 is 0 Å². The summed E-state index contributed by atoms with van der Waals surface area (Å²) in [7, 11) is 0. The van der Waals surface area contributed by atoms with E-state index >= 15 is 0 Å². The van der Waals surface area contributed by atoms with Crippen LogP contribution in [0.2, 0.25) is 0 Å². The molecule has 0 radical (unpaired) electrons. The number of aliphatic hydroxyl groups is 1. The number of nitrogens with zero attached hydrogens (tertiary/aromatic N) is 1. The van der Waals surface area contributed by atoms with E-state index in [-0.39, 0.29) is 17.4 Å². The molecule has 0 aromatic heterocycles. The minimum Gasteiger partial charge on any atom is -0.393 e. The molecular weight excluding hydrogens is 233 g/mol. The first-order valence-corrected chi connectivity index (χ1v) is 6.22. The van der Waals surface area contributed by atoms with Gasteiger partial charge in [0.2, 0.25) is 0 Å². The minimum absolute atomic E-state index is 0.0995. The summed E-state index contributed by atoms with van der Waals surface area (Å²) in [4.78, 5) is 13.8. The lowest BCUT2D eigenvalue weighted by Crippen LogP contribution is -2.31. The van der Waals surface area contributed by atoms with Gasteiger partial charge in [-0.1, -0.05) is 6.07 Å². The van der Waals surface area contributed by atoms with E-state index in [9.17, 15) is 14.3 Å². The van der Waals surface area contributed by atoms with Gasteiger partial charge >= 0.3 is 0 Å². The van der Waals surface area contributed by atoms with Gasteiger partial charge in [-0.3, -0.25) is 4.79 Å². The van der Waals surface area contributed by atoms with Crippen LogP contribution in [-0.4, -0.2) is 35.1 Å². The van der Waals surface area contributed by atoms with Gasteiger partial charge in [-0.15, -0.1) is 0 Å². The summed E-state index contributed by atoms with van der Waals surface area (Å²) in [5.41, 5.74) is 0.916. The second kappa shape index (κ2) is 5.06. The van der Waals surface area contributed by atoms with Gasteiger partial charge in [0, 0.05) is 19.0 Å². The lowest BCUT2D eigenvalue weighted by atomic mass is 10.0. The summed E-state index contributed by atoms with van der Waals surface area (Å²) in [5, 5.41) is 9.50. The minimum atomic E-state index is -0.472. The molecule has 0 spiro atoms. The predicted octanol–water partition coefficient (Wildman–Crippen LogP) is 1.98. The Morgan fingerprint density at radius 2 is 2.28 bits per heavy atom. The lowest BCUT2D eigenvalue weighted by Gasteiger charge is -2.18. The first-order valence-electron chi connectivity index (χ1n) is 6.22. The van der Waals surface area contributed by atoms with Crippen LogP contribution in [0.4, 0.5) is 4.39 Å². The van der Waals surface area contributed by atoms with E-state index in [1.807, 2.05) is 0 Å². The zero-order valence-electron chi connectivity index (χ0n) is 10.7. The smallest absolute Gasteiger partial charge is 0.256 e. The highest BCUT2D eigenvalue weighted by atomic mass is 19.1.